The van der Waals surface area contributed by atoms with Crippen molar-refractivity contribution in [1.29, 1.82) is 0 Å². The molecule has 0 aromatic heterocycles. The summed E-state index contributed by atoms with van der Waals surface area (Å²) in [6.45, 7) is 3.27. The lowest BCUT2D eigenvalue weighted by atomic mass is 10.1. The van der Waals surface area contributed by atoms with Gasteiger partial charge >= 0.3 is 6.30 Å². The first-order valence-electron chi connectivity index (χ1n) is 10.8. The van der Waals surface area contributed by atoms with Gasteiger partial charge in [0, 0.05) is 29.2 Å². The maximum atomic E-state index is 11.0. The van der Waals surface area contributed by atoms with Crippen LogP contribution in [-0.2, 0) is 18.6 Å². The van der Waals surface area contributed by atoms with Gasteiger partial charge in [0.2, 0.25) is 0 Å². The Balaban J connectivity index is 3.42. The summed E-state index contributed by atoms with van der Waals surface area (Å²) in [5.74, 6) is 0. The van der Waals surface area contributed by atoms with E-state index in [0.29, 0.717) is 13.2 Å². The van der Waals surface area contributed by atoms with Gasteiger partial charge in [0.1, 0.15) is 6.10 Å². The predicted molar refractivity (Wildman–Crippen MR) is 126 cm³/mol. The summed E-state index contributed by atoms with van der Waals surface area (Å²) in [6.07, 6.45) is 21.0. The van der Waals surface area contributed by atoms with E-state index in [4.69, 9.17) is 18.9 Å². The summed E-state index contributed by atoms with van der Waals surface area (Å²) in [4.78, 5) is 9.03. The molecule has 0 amide bonds. The van der Waals surface area contributed by atoms with Crippen LogP contribution in [0.3, 0.4) is 0 Å². The van der Waals surface area contributed by atoms with E-state index in [2.05, 4.69) is 58.9 Å². The molecule has 0 spiro atoms. The lowest BCUT2D eigenvalue weighted by Crippen LogP contribution is -2.23. The van der Waals surface area contributed by atoms with Gasteiger partial charge in [0.25, 0.3) is 0 Å². The summed E-state index contributed by atoms with van der Waals surface area (Å²) < 4.78 is 26.5. The fraction of sp³-hybridized carbons (Fsp3) is 0.727. The SMILES string of the molecule is CCCC/C=C/C=C/C=C/CCCCCCCCOCC(COP(=O)(O)Br)OC. The summed E-state index contributed by atoms with van der Waals surface area (Å²) >= 11 is 2.58. The van der Waals surface area contributed by atoms with E-state index >= 15 is 0 Å². The molecule has 0 saturated heterocycles. The lowest BCUT2D eigenvalue weighted by molar-refractivity contribution is -0.0158. The second kappa shape index (κ2) is 21.0. The normalized spacial score (nSPS) is 15.6. The van der Waals surface area contributed by atoms with Crippen molar-refractivity contribution < 1.29 is 23.5 Å². The molecule has 170 valence electrons. The summed E-state index contributed by atoms with van der Waals surface area (Å²) in [7, 11) is 1.53. The van der Waals surface area contributed by atoms with Crippen LogP contribution in [0, 0.1) is 0 Å². The topological polar surface area (TPSA) is 65.0 Å². The van der Waals surface area contributed by atoms with Crippen molar-refractivity contribution in [3.05, 3.63) is 36.5 Å². The van der Waals surface area contributed by atoms with Crippen LogP contribution in [0.25, 0.3) is 0 Å². The molecule has 2 atom stereocenters. The number of allylic oxidation sites excluding steroid dienone is 6. The molecule has 0 rings (SSSR count). The van der Waals surface area contributed by atoms with Crippen molar-refractivity contribution in [2.75, 3.05) is 26.9 Å². The van der Waals surface area contributed by atoms with Crippen molar-refractivity contribution in [2.24, 2.45) is 0 Å². The second-order valence-electron chi connectivity index (χ2n) is 6.97. The number of hydrogen-bond acceptors (Lipinski definition) is 4. The third kappa shape index (κ3) is 23.9. The van der Waals surface area contributed by atoms with Crippen molar-refractivity contribution >= 4 is 21.8 Å². The minimum Gasteiger partial charge on any atom is -0.379 e. The zero-order valence-electron chi connectivity index (χ0n) is 18.1. The maximum absolute atomic E-state index is 11.0. The van der Waals surface area contributed by atoms with Crippen molar-refractivity contribution in [3.8, 4) is 0 Å². The van der Waals surface area contributed by atoms with Gasteiger partial charge < -0.3 is 14.4 Å². The van der Waals surface area contributed by atoms with Crippen molar-refractivity contribution in [2.45, 2.75) is 77.2 Å². The minimum atomic E-state index is -3.64. The van der Waals surface area contributed by atoms with Gasteiger partial charge in [-0.2, -0.15) is 0 Å². The number of hydrogen-bond donors (Lipinski definition) is 1. The van der Waals surface area contributed by atoms with Gasteiger partial charge in [-0.05, 0) is 25.7 Å². The highest BCUT2D eigenvalue weighted by atomic mass is 79.9. The molecule has 1 N–H and O–H groups in total. The van der Waals surface area contributed by atoms with E-state index in [-0.39, 0.29) is 12.7 Å². The molecule has 29 heavy (non-hydrogen) atoms. The molecule has 0 aromatic carbocycles. The molecule has 0 radical (unpaired) electrons. The highest BCUT2D eigenvalue weighted by Gasteiger charge is 2.17. The fourth-order valence-corrected chi connectivity index (χ4v) is 3.25. The molecule has 7 heteroatoms. The highest BCUT2D eigenvalue weighted by Crippen LogP contribution is 2.50. The van der Waals surface area contributed by atoms with E-state index in [9.17, 15) is 4.57 Å². The van der Waals surface area contributed by atoms with Crippen LogP contribution >= 0.6 is 21.8 Å². The Bertz CT molecular complexity index is 488. The monoisotopic (exact) mass is 494 g/mol. The summed E-state index contributed by atoms with van der Waals surface area (Å²) in [5, 5.41) is 0. The molecule has 2 unspecified atom stereocenters. The Labute approximate surface area is 185 Å². The van der Waals surface area contributed by atoms with Gasteiger partial charge in [-0.15, -0.1) is 0 Å². The van der Waals surface area contributed by atoms with Gasteiger partial charge in [-0.3, -0.25) is 4.52 Å². The van der Waals surface area contributed by atoms with Crippen molar-refractivity contribution in [3.63, 3.8) is 0 Å². The molecule has 5 nitrogen and oxygen atoms in total. The Hall–Kier alpha value is -0.230. The molecular formula is C22H40BrO5P. The minimum absolute atomic E-state index is 0.0232. The first-order valence-corrected chi connectivity index (χ1v) is 14.3. The van der Waals surface area contributed by atoms with E-state index in [0.717, 1.165) is 19.3 Å². The van der Waals surface area contributed by atoms with Crippen LogP contribution in [0.2, 0.25) is 0 Å². The quantitative estimate of drug-likeness (QED) is 0.111. The maximum Gasteiger partial charge on any atom is 0.393 e. The van der Waals surface area contributed by atoms with Crippen LogP contribution in [0.5, 0.6) is 0 Å². The summed E-state index contributed by atoms with van der Waals surface area (Å²) in [6, 6.07) is 0. The number of rotatable bonds is 20. The van der Waals surface area contributed by atoms with E-state index in [1.165, 1.54) is 52.1 Å². The average molecular weight is 495 g/mol. The zero-order chi connectivity index (χ0) is 21.6. The van der Waals surface area contributed by atoms with Gasteiger partial charge in [0.15, 0.2) is 0 Å². The Morgan fingerprint density at radius 2 is 1.48 bits per heavy atom. The Morgan fingerprint density at radius 3 is 2.07 bits per heavy atom. The average Bonchev–Trinajstić information content (AvgIpc) is 2.68. The molecule has 0 heterocycles. The first-order chi connectivity index (χ1) is 14.0. The molecular weight excluding hydrogens is 455 g/mol. The number of unbranched alkanes of at least 4 members (excludes halogenated alkanes) is 8. The van der Waals surface area contributed by atoms with Crippen LogP contribution in [-0.4, -0.2) is 37.9 Å². The van der Waals surface area contributed by atoms with Crippen LogP contribution in [0.15, 0.2) is 36.5 Å². The summed E-state index contributed by atoms with van der Waals surface area (Å²) in [5.41, 5.74) is 0. The highest BCUT2D eigenvalue weighted by molar-refractivity contribution is 9.39. The lowest BCUT2D eigenvalue weighted by Gasteiger charge is -2.16. The smallest absolute Gasteiger partial charge is 0.379 e. The van der Waals surface area contributed by atoms with Crippen LogP contribution in [0.4, 0.5) is 0 Å². The third-order valence-corrected chi connectivity index (χ3v) is 5.38. The zero-order valence-corrected chi connectivity index (χ0v) is 20.6. The molecule has 0 fully saturated rings. The number of methoxy groups -OCH3 is 1. The first kappa shape index (κ1) is 28.8. The largest absolute Gasteiger partial charge is 0.393 e. The molecule has 0 aliphatic heterocycles. The van der Waals surface area contributed by atoms with Gasteiger partial charge in [0.05, 0.1) is 13.2 Å². The molecule has 0 aliphatic carbocycles. The number of ether oxygens (including phenoxy) is 2. The Kier molecular flexibility index (Phi) is 20.9. The van der Waals surface area contributed by atoms with E-state index in [1.807, 2.05) is 0 Å². The standard InChI is InChI=1S/C22H40BrO5P/c1-3-4-5-6-7-8-9-10-11-12-13-14-15-16-17-18-19-27-20-22(26-2)21-28-29(23,24)25/h6-11,22H,3-5,12-21H2,1-2H3,(H,24,25)/b7-6+,9-8+,11-10+. The van der Waals surface area contributed by atoms with Crippen molar-refractivity contribution in [1.82, 2.24) is 0 Å². The van der Waals surface area contributed by atoms with Gasteiger partial charge in [-0.25, -0.2) is 4.57 Å². The third-order valence-electron chi connectivity index (χ3n) is 4.30. The van der Waals surface area contributed by atoms with E-state index in [1.54, 1.807) is 0 Å². The van der Waals surface area contributed by atoms with Crippen LogP contribution < -0.4 is 0 Å². The fourth-order valence-electron chi connectivity index (χ4n) is 2.55. The molecule has 0 saturated carbocycles. The molecule has 0 bridgehead atoms. The Morgan fingerprint density at radius 1 is 0.897 bits per heavy atom. The van der Waals surface area contributed by atoms with Gasteiger partial charge in [-0.1, -0.05) is 81.9 Å². The molecule has 0 aromatic rings. The number of halogens is 1. The molecule has 0 aliphatic rings. The van der Waals surface area contributed by atoms with E-state index < -0.39 is 6.30 Å². The predicted octanol–water partition coefficient (Wildman–Crippen LogP) is 7.12. The van der Waals surface area contributed by atoms with Crippen LogP contribution in [0.1, 0.15) is 71.1 Å². The second-order valence-corrected chi connectivity index (χ2v) is 10.8.